The van der Waals surface area contributed by atoms with Gasteiger partial charge in [0.25, 0.3) is 11.2 Å². The lowest BCUT2D eigenvalue weighted by Gasteiger charge is -2.19. The van der Waals surface area contributed by atoms with E-state index in [4.69, 9.17) is 17.3 Å². The van der Waals surface area contributed by atoms with Crippen molar-refractivity contribution in [2.75, 3.05) is 19.3 Å². The van der Waals surface area contributed by atoms with Gasteiger partial charge in [-0.25, -0.2) is 4.79 Å². The van der Waals surface area contributed by atoms with E-state index in [9.17, 15) is 24.5 Å². The van der Waals surface area contributed by atoms with Crippen LogP contribution in [-0.2, 0) is 20.1 Å². The molecule has 2 N–H and O–H groups in total. The molecule has 2 aromatic carbocycles. The molecule has 3 rings (SSSR count). The molecule has 1 heterocycles. The molecule has 0 saturated heterocycles. The highest BCUT2D eigenvalue weighted by Crippen LogP contribution is 2.23. The van der Waals surface area contributed by atoms with Gasteiger partial charge in [-0.05, 0) is 24.2 Å². The Morgan fingerprint density at radius 1 is 1.18 bits per heavy atom. The third-order valence-electron chi connectivity index (χ3n) is 5.14. The van der Waals surface area contributed by atoms with E-state index in [2.05, 4.69) is 0 Å². The van der Waals surface area contributed by atoms with Crippen LogP contribution in [0.5, 0.6) is 0 Å². The molecule has 0 amide bonds. The van der Waals surface area contributed by atoms with Gasteiger partial charge in [0.05, 0.1) is 18.0 Å². The number of carbonyl (C=O) groups is 1. The van der Waals surface area contributed by atoms with Crippen molar-refractivity contribution in [2.45, 2.75) is 13.1 Å². The number of anilines is 1. The van der Waals surface area contributed by atoms with Crippen LogP contribution in [-0.4, -0.2) is 38.3 Å². The first kappa shape index (κ1) is 23.9. The van der Waals surface area contributed by atoms with Crippen LogP contribution in [0.15, 0.2) is 58.1 Å². The zero-order valence-electron chi connectivity index (χ0n) is 18.0. The van der Waals surface area contributed by atoms with Crippen LogP contribution in [0.2, 0.25) is 5.02 Å². The lowest BCUT2D eigenvalue weighted by Crippen LogP contribution is -2.44. The first-order valence-corrected chi connectivity index (χ1v) is 10.3. The zero-order chi connectivity index (χ0) is 24.3. The Morgan fingerprint density at radius 2 is 1.85 bits per heavy atom. The molecule has 0 unspecified atom stereocenters. The molecule has 1 aromatic heterocycles. The molecular weight excluding hydrogens is 450 g/mol. The first-order chi connectivity index (χ1) is 15.6. The van der Waals surface area contributed by atoms with Crippen molar-refractivity contribution in [1.82, 2.24) is 14.0 Å². The number of nitro groups is 1. The third kappa shape index (κ3) is 5.18. The van der Waals surface area contributed by atoms with Crippen LogP contribution >= 0.6 is 11.6 Å². The minimum Gasteiger partial charge on any atom is -0.384 e. The highest BCUT2D eigenvalue weighted by atomic mass is 35.5. The Kier molecular flexibility index (Phi) is 7.10. The summed E-state index contributed by atoms with van der Waals surface area (Å²) in [5, 5.41) is 11.3. The monoisotopic (exact) mass is 471 g/mol. The molecule has 172 valence electrons. The van der Waals surface area contributed by atoms with E-state index in [-0.39, 0.29) is 36.7 Å². The second-order valence-corrected chi connectivity index (χ2v) is 8.01. The maximum atomic E-state index is 13.0. The van der Waals surface area contributed by atoms with Crippen LogP contribution < -0.4 is 17.0 Å². The molecule has 0 spiro atoms. The summed E-state index contributed by atoms with van der Waals surface area (Å²) in [6, 6.07) is 13.1. The van der Waals surface area contributed by atoms with E-state index in [0.717, 1.165) is 10.1 Å². The number of carbonyl (C=O) groups excluding carboxylic acids is 1. The van der Waals surface area contributed by atoms with E-state index in [1.807, 2.05) is 6.07 Å². The number of ketones is 1. The number of likely N-dealkylation sites (N-methyl/N-ethyl adjacent to an activating group) is 1. The number of nitro benzene ring substituents is 1. The number of hydrogen-bond donors (Lipinski definition) is 1. The fourth-order valence-corrected chi connectivity index (χ4v) is 3.61. The summed E-state index contributed by atoms with van der Waals surface area (Å²) >= 11 is 6.14. The van der Waals surface area contributed by atoms with Gasteiger partial charge in [0, 0.05) is 30.7 Å². The fourth-order valence-electron chi connectivity index (χ4n) is 3.43. The summed E-state index contributed by atoms with van der Waals surface area (Å²) in [7, 11) is 2.89. The second-order valence-electron chi connectivity index (χ2n) is 7.61. The Balaban J connectivity index is 1.89. The van der Waals surface area contributed by atoms with Gasteiger partial charge in [0.2, 0.25) is 0 Å². The average molecular weight is 472 g/mol. The van der Waals surface area contributed by atoms with Crippen molar-refractivity contribution in [2.24, 2.45) is 7.05 Å². The van der Waals surface area contributed by atoms with Crippen LogP contribution in [0.25, 0.3) is 0 Å². The van der Waals surface area contributed by atoms with Crippen molar-refractivity contribution in [3.8, 4) is 0 Å². The second kappa shape index (κ2) is 9.80. The van der Waals surface area contributed by atoms with Crippen molar-refractivity contribution >= 4 is 28.9 Å². The number of non-ortho nitro benzene ring substituents is 1. The van der Waals surface area contributed by atoms with Gasteiger partial charge in [0.1, 0.15) is 11.4 Å². The largest absolute Gasteiger partial charge is 0.384 e. The van der Waals surface area contributed by atoms with Crippen LogP contribution in [0, 0.1) is 10.1 Å². The van der Waals surface area contributed by atoms with E-state index in [1.165, 1.54) is 29.8 Å². The summed E-state index contributed by atoms with van der Waals surface area (Å²) in [6.07, 6.45) is 0. The molecule has 11 heteroatoms. The Hall–Kier alpha value is -3.76. The third-order valence-corrected chi connectivity index (χ3v) is 5.51. The number of nitrogen functional groups attached to an aromatic ring is 1. The van der Waals surface area contributed by atoms with Crippen molar-refractivity contribution in [3.05, 3.63) is 101 Å². The van der Waals surface area contributed by atoms with E-state index < -0.39 is 22.0 Å². The smallest absolute Gasteiger partial charge is 0.332 e. The van der Waals surface area contributed by atoms with Crippen LogP contribution in [0.1, 0.15) is 21.5 Å². The summed E-state index contributed by atoms with van der Waals surface area (Å²) in [6.45, 7) is -0.00281. The molecular formula is C22H22ClN5O5. The molecule has 0 aliphatic heterocycles. The van der Waals surface area contributed by atoms with Gasteiger partial charge in [-0.2, -0.15) is 0 Å². The first-order valence-electron chi connectivity index (χ1n) is 9.88. The number of nitrogens with zero attached hydrogens (tertiary/aromatic N) is 4. The Bertz CT molecular complexity index is 1330. The molecule has 0 bridgehead atoms. The number of Topliss-reactive ketones (excluding diaryl/α,β-unsaturated/α-hetero) is 1. The SMILES string of the molecule is CN(CC(=O)c1c(N)n(Cc2ccccc2)c(=O)n(C)c1=O)Cc1cc([N+](=O)[O-])ccc1Cl. The van der Waals surface area contributed by atoms with Crippen LogP contribution in [0.4, 0.5) is 11.5 Å². The molecule has 0 saturated carbocycles. The Morgan fingerprint density at radius 3 is 2.48 bits per heavy atom. The molecule has 0 aliphatic carbocycles. The lowest BCUT2D eigenvalue weighted by molar-refractivity contribution is -0.384. The molecule has 33 heavy (non-hydrogen) atoms. The van der Waals surface area contributed by atoms with Crippen LogP contribution in [0.3, 0.4) is 0 Å². The number of benzene rings is 2. The molecule has 0 fully saturated rings. The average Bonchev–Trinajstić information content (AvgIpc) is 2.77. The number of nitrogens with two attached hydrogens (primary N) is 1. The molecule has 0 atom stereocenters. The van der Waals surface area contributed by atoms with Crippen molar-refractivity contribution in [3.63, 3.8) is 0 Å². The van der Waals surface area contributed by atoms with Gasteiger partial charge >= 0.3 is 5.69 Å². The van der Waals surface area contributed by atoms with Gasteiger partial charge in [0.15, 0.2) is 5.78 Å². The predicted molar refractivity (Wildman–Crippen MR) is 125 cm³/mol. The standard InChI is InChI=1S/C22H22ClN5O5/c1-25(12-15-10-16(28(32)33)8-9-17(15)23)13-18(29)19-20(24)27(22(31)26(2)21(19)30)11-14-6-4-3-5-7-14/h3-10H,11-13,24H2,1-2H3. The van der Waals surface area contributed by atoms with Gasteiger partial charge < -0.3 is 5.73 Å². The minimum atomic E-state index is -0.784. The lowest BCUT2D eigenvalue weighted by atomic mass is 10.1. The van der Waals surface area contributed by atoms with Crippen molar-refractivity contribution in [1.29, 1.82) is 0 Å². The summed E-state index contributed by atoms with van der Waals surface area (Å²) in [5.74, 6) is -0.794. The summed E-state index contributed by atoms with van der Waals surface area (Å²) < 4.78 is 2.03. The highest BCUT2D eigenvalue weighted by Gasteiger charge is 2.23. The number of hydrogen-bond acceptors (Lipinski definition) is 7. The minimum absolute atomic E-state index is 0.0963. The number of halogens is 1. The van der Waals surface area contributed by atoms with Gasteiger partial charge in [-0.3, -0.25) is 33.7 Å². The quantitative estimate of drug-likeness (QED) is 0.302. The summed E-state index contributed by atoms with van der Waals surface area (Å²) in [5.41, 5.74) is 5.53. The topological polar surface area (TPSA) is 133 Å². The maximum absolute atomic E-state index is 13.0. The predicted octanol–water partition coefficient (Wildman–Crippen LogP) is 2.05. The molecule has 3 aromatic rings. The van der Waals surface area contributed by atoms with Gasteiger partial charge in [-0.1, -0.05) is 41.9 Å². The molecule has 10 nitrogen and oxygen atoms in total. The number of rotatable bonds is 8. The highest BCUT2D eigenvalue weighted by molar-refractivity contribution is 6.31. The van der Waals surface area contributed by atoms with Gasteiger partial charge in [-0.15, -0.1) is 0 Å². The zero-order valence-corrected chi connectivity index (χ0v) is 18.8. The fraction of sp³-hybridized carbons (Fsp3) is 0.227. The Labute approximate surface area is 193 Å². The summed E-state index contributed by atoms with van der Waals surface area (Å²) in [4.78, 5) is 50.4. The molecule has 0 radical (unpaired) electrons. The number of aromatic nitrogens is 2. The van der Waals surface area contributed by atoms with E-state index in [0.29, 0.717) is 10.6 Å². The normalized spacial score (nSPS) is 11.0. The molecule has 0 aliphatic rings. The van der Waals surface area contributed by atoms with Crippen molar-refractivity contribution < 1.29 is 9.72 Å². The van der Waals surface area contributed by atoms with E-state index >= 15 is 0 Å². The maximum Gasteiger partial charge on any atom is 0.332 e. The van der Waals surface area contributed by atoms with E-state index in [1.54, 1.807) is 36.2 Å².